The molecule has 0 N–H and O–H groups in total. The Kier molecular flexibility index (Phi) is 6.18. The van der Waals surface area contributed by atoms with E-state index >= 15 is 0 Å². The molecule has 38 heavy (non-hydrogen) atoms. The van der Waals surface area contributed by atoms with Crippen LogP contribution in [0.3, 0.4) is 0 Å². The van der Waals surface area contributed by atoms with Crippen LogP contribution in [0.15, 0.2) is 121 Å². The first kappa shape index (κ1) is 23.9. The zero-order valence-corrected chi connectivity index (χ0v) is 22.5. The molecule has 0 heteroatoms. The second-order valence-corrected chi connectivity index (χ2v) is 10.6. The molecular weight excluding hydrogens is 456 g/mol. The van der Waals surface area contributed by atoms with Gasteiger partial charge in [0.15, 0.2) is 0 Å². The predicted molar refractivity (Wildman–Crippen MR) is 165 cm³/mol. The Hall–Kier alpha value is -4.42. The highest BCUT2D eigenvalue weighted by Crippen LogP contribution is 2.42. The van der Waals surface area contributed by atoms with Crippen molar-refractivity contribution in [1.82, 2.24) is 0 Å². The number of rotatable bonds is 4. The molecule has 184 valence electrons. The fourth-order valence-electron chi connectivity index (χ4n) is 5.79. The molecule has 6 aromatic rings. The number of benzene rings is 6. The van der Waals surface area contributed by atoms with E-state index in [0.29, 0.717) is 0 Å². The average molecular weight is 489 g/mol. The van der Waals surface area contributed by atoms with Gasteiger partial charge in [0.25, 0.3) is 0 Å². The maximum atomic E-state index is 2.39. The molecule has 6 rings (SSSR count). The molecule has 0 aliphatic heterocycles. The van der Waals surface area contributed by atoms with Gasteiger partial charge in [-0.25, -0.2) is 0 Å². The summed E-state index contributed by atoms with van der Waals surface area (Å²) in [4.78, 5) is 0. The maximum Gasteiger partial charge on any atom is -0.00926 e. The van der Waals surface area contributed by atoms with Gasteiger partial charge in [0.2, 0.25) is 0 Å². The minimum Gasteiger partial charge on any atom is -0.0622 e. The summed E-state index contributed by atoms with van der Waals surface area (Å²) in [5.74, 6) is 0. The molecule has 0 saturated carbocycles. The number of hydrogen-bond acceptors (Lipinski definition) is 0. The largest absolute Gasteiger partial charge is 0.0622 e. The van der Waals surface area contributed by atoms with E-state index in [4.69, 9.17) is 0 Å². The topological polar surface area (TPSA) is 0 Å². The summed E-state index contributed by atoms with van der Waals surface area (Å²) in [7, 11) is 0. The van der Waals surface area contributed by atoms with E-state index < -0.39 is 0 Å². The molecule has 0 bridgehead atoms. The van der Waals surface area contributed by atoms with Gasteiger partial charge >= 0.3 is 0 Å². The average Bonchev–Trinajstić information content (AvgIpc) is 2.92. The molecule has 0 aromatic heterocycles. The van der Waals surface area contributed by atoms with Gasteiger partial charge in [-0.15, -0.1) is 0 Å². The Morgan fingerprint density at radius 3 is 0.947 bits per heavy atom. The lowest BCUT2D eigenvalue weighted by Crippen LogP contribution is -1.92. The molecule has 0 heterocycles. The van der Waals surface area contributed by atoms with E-state index in [1.54, 1.807) is 0 Å². The van der Waals surface area contributed by atoms with Crippen molar-refractivity contribution < 1.29 is 0 Å². The smallest absolute Gasteiger partial charge is 0.00926 e. The van der Waals surface area contributed by atoms with Crippen molar-refractivity contribution in [3.63, 3.8) is 0 Å². The van der Waals surface area contributed by atoms with Gasteiger partial charge in [-0.05, 0) is 107 Å². The molecule has 0 nitrogen and oxygen atoms in total. The zero-order chi connectivity index (χ0) is 26.2. The Morgan fingerprint density at radius 2 is 0.605 bits per heavy atom. The van der Waals surface area contributed by atoms with Crippen molar-refractivity contribution in [1.29, 1.82) is 0 Å². The standard InChI is InChI=1S/C38H32/c1-25-15-26(2)18-31(17-25)33-21-35(29-11-7-5-8-12-29)38-24-34(32-19-27(3)16-28(4)20-32)22-36(37(38)23-33)30-13-9-6-10-14-30/h5-24H,1-4H3. The van der Waals surface area contributed by atoms with E-state index in [1.165, 1.54) is 77.5 Å². The lowest BCUT2D eigenvalue weighted by molar-refractivity contribution is 1.38. The molecule has 6 aromatic carbocycles. The van der Waals surface area contributed by atoms with Gasteiger partial charge in [-0.3, -0.25) is 0 Å². The normalized spacial score (nSPS) is 11.2. The predicted octanol–water partition coefficient (Wildman–Crippen LogP) is 10.7. The van der Waals surface area contributed by atoms with Crippen LogP contribution >= 0.6 is 0 Å². The number of fused-ring (bicyclic) bond motifs is 1. The molecule has 0 aliphatic carbocycles. The van der Waals surface area contributed by atoms with Crippen LogP contribution in [0.2, 0.25) is 0 Å². The van der Waals surface area contributed by atoms with Crippen molar-refractivity contribution in [2.45, 2.75) is 27.7 Å². The number of hydrogen-bond donors (Lipinski definition) is 0. The monoisotopic (exact) mass is 488 g/mol. The minimum atomic E-state index is 1.24. The third kappa shape index (κ3) is 4.66. The molecule has 0 unspecified atom stereocenters. The van der Waals surface area contributed by atoms with Crippen LogP contribution in [-0.4, -0.2) is 0 Å². The van der Waals surface area contributed by atoms with Crippen molar-refractivity contribution >= 4 is 10.8 Å². The summed E-state index contributed by atoms with van der Waals surface area (Å²) < 4.78 is 0. The Morgan fingerprint density at radius 1 is 0.289 bits per heavy atom. The lowest BCUT2D eigenvalue weighted by atomic mass is 9.86. The Bertz CT molecular complexity index is 1600. The summed E-state index contributed by atoms with van der Waals surface area (Å²) in [6, 6.07) is 44.9. The quantitative estimate of drug-likeness (QED) is 0.231. The number of aryl methyl sites for hydroxylation is 4. The second kappa shape index (κ2) is 9.80. The van der Waals surface area contributed by atoms with E-state index in [9.17, 15) is 0 Å². The molecule has 0 saturated heterocycles. The third-order valence-electron chi connectivity index (χ3n) is 7.35. The highest BCUT2D eigenvalue weighted by Gasteiger charge is 2.15. The fraction of sp³-hybridized carbons (Fsp3) is 0.105. The van der Waals surface area contributed by atoms with Crippen LogP contribution in [0.5, 0.6) is 0 Å². The summed E-state index contributed by atoms with van der Waals surface area (Å²) in [5.41, 5.74) is 15.2. The van der Waals surface area contributed by atoms with Gasteiger partial charge in [-0.1, -0.05) is 119 Å². The van der Waals surface area contributed by atoms with Gasteiger partial charge in [0.1, 0.15) is 0 Å². The molecular formula is C38H32. The first-order chi connectivity index (χ1) is 18.4. The Balaban J connectivity index is 1.74. The SMILES string of the molecule is Cc1cc(C)cc(-c2cc(-c3ccccc3)c3cc(-c4cc(C)cc(C)c4)cc(-c4ccccc4)c3c2)c1. The maximum absolute atomic E-state index is 2.39. The fourth-order valence-corrected chi connectivity index (χ4v) is 5.79. The van der Waals surface area contributed by atoms with E-state index in [-0.39, 0.29) is 0 Å². The zero-order valence-electron chi connectivity index (χ0n) is 22.5. The molecule has 0 amide bonds. The first-order valence-electron chi connectivity index (χ1n) is 13.3. The molecule has 0 spiro atoms. The molecule has 0 aliphatic rings. The van der Waals surface area contributed by atoms with Crippen molar-refractivity contribution in [3.8, 4) is 44.5 Å². The lowest BCUT2D eigenvalue weighted by Gasteiger charge is -2.18. The van der Waals surface area contributed by atoms with Crippen LogP contribution in [0, 0.1) is 27.7 Å². The summed E-state index contributed by atoms with van der Waals surface area (Å²) >= 11 is 0. The highest BCUT2D eigenvalue weighted by molar-refractivity contribution is 6.09. The second-order valence-electron chi connectivity index (χ2n) is 10.6. The van der Waals surface area contributed by atoms with Crippen LogP contribution in [-0.2, 0) is 0 Å². The van der Waals surface area contributed by atoms with E-state index in [0.717, 1.165) is 0 Å². The summed E-state index contributed by atoms with van der Waals surface area (Å²) in [6.07, 6.45) is 0. The minimum absolute atomic E-state index is 1.24. The van der Waals surface area contributed by atoms with Crippen molar-refractivity contribution in [2.75, 3.05) is 0 Å². The van der Waals surface area contributed by atoms with Crippen LogP contribution in [0.4, 0.5) is 0 Å². The Labute approximate surface area is 226 Å². The first-order valence-corrected chi connectivity index (χ1v) is 13.3. The van der Waals surface area contributed by atoms with Crippen LogP contribution < -0.4 is 0 Å². The van der Waals surface area contributed by atoms with E-state index in [1.807, 2.05) is 0 Å². The molecule has 0 atom stereocenters. The third-order valence-corrected chi connectivity index (χ3v) is 7.35. The summed E-state index contributed by atoms with van der Waals surface area (Å²) in [6.45, 7) is 8.73. The van der Waals surface area contributed by atoms with Crippen LogP contribution in [0.1, 0.15) is 22.3 Å². The van der Waals surface area contributed by atoms with Crippen molar-refractivity contribution in [3.05, 3.63) is 144 Å². The van der Waals surface area contributed by atoms with Gasteiger partial charge in [0, 0.05) is 0 Å². The van der Waals surface area contributed by atoms with Crippen molar-refractivity contribution in [2.24, 2.45) is 0 Å². The van der Waals surface area contributed by atoms with Gasteiger partial charge in [0.05, 0.1) is 0 Å². The van der Waals surface area contributed by atoms with Crippen LogP contribution in [0.25, 0.3) is 55.3 Å². The summed E-state index contributed by atoms with van der Waals surface area (Å²) in [5, 5.41) is 2.56. The highest BCUT2D eigenvalue weighted by atomic mass is 14.2. The van der Waals surface area contributed by atoms with E-state index in [2.05, 4.69) is 149 Å². The molecule has 0 radical (unpaired) electrons. The molecule has 0 fully saturated rings. The van der Waals surface area contributed by atoms with Gasteiger partial charge in [-0.2, -0.15) is 0 Å². The van der Waals surface area contributed by atoms with Gasteiger partial charge < -0.3 is 0 Å².